The van der Waals surface area contributed by atoms with Crippen LogP contribution in [0.15, 0.2) is 53.4 Å². The molecule has 1 N–H and O–H groups in total. The van der Waals surface area contributed by atoms with Gasteiger partial charge in [0.15, 0.2) is 0 Å². The summed E-state index contributed by atoms with van der Waals surface area (Å²) in [5, 5.41) is 3.99. The molecule has 21 heavy (non-hydrogen) atoms. The lowest BCUT2D eigenvalue weighted by atomic mass is 10.1. The van der Waals surface area contributed by atoms with Crippen molar-refractivity contribution in [2.75, 3.05) is 5.32 Å². The molecule has 5 heteroatoms. The maximum absolute atomic E-state index is 12.2. The predicted molar refractivity (Wildman–Crippen MR) is 87.2 cm³/mol. The molecular formula is C16H14BrN3O. The second-order valence-electron chi connectivity index (χ2n) is 4.85. The molecule has 0 bridgehead atoms. The van der Waals surface area contributed by atoms with E-state index in [0.717, 1.165) is 16.5 Å². The average molecular weight is 344 g/mol. The fourth-order valence-corrected chi connectivity index (χ4v) is 2.76. The van der Waals surface area contributed by atoms with Gasteiger partial charge in [-0.1, -0.05) is 18.2 Å². The Balaban J connectivity index is 1.82. The number of nitrogens with zero attached hydrogens (tertiary/aromatic N) is 2. The van der Waals surface area contributed by atoms with Gasteiger partial charge in [0.1, 0.15) is 4.60 Å². The molecular weight excluding hydrogens is 330 g/mol. The van der Waals surface area contributed by atoms with E-state index in [2.05, 4.69) is 32.3 Å². The molecule has 0 saturated carbocycles. The van der Waals surface area contributed by atoms with E-state index >= 15 is 0 Å². The number of rotatable bonds is 3. The largest absolute Gasteiger partial charge is 0.350 e. The normalized spacial score (nSPS) is 10.8. The number of aryl methyl sites for hydroxylation is 1. The second-order valence-corrected chi connectivity index (χ2v) is 5.60. The third-order valence-electron chi connectivity index (χ3n) is 3.36. The summed E-state index contributed by atoms with van der Waals surface area (Å²) in [7, 11) is 1.99. The van der Waals surface area contributed by atoms with Crippen molar-refractivity contribution in [1.82, 2.24) is 9.55 Å². The molecule has 0 unspecified atom stereocenters. The Hall–Kier alpha value is -2.14. The number of halogens is 1. The Morgan fingerprint density at radius 2 is 2.10 bits per heavy atom. The van der Waals surface area contributed by atoms with Crippen LogP contribution in [0.2, 0.25) is 0 Å². The van der Waals surface area contributed by atoms with Crippen molar-refractivity contribution in [1.29, 1.82) is 0 Å². The molecule has 0 aliphatic heterocycles. The molecule has 3 rings (SSSR count). The van der Waals surface area contributed by atoms with Crippen molar-refractivity contribution in [2.24, 2.45) is 7.05 Å². The Kier molecular flexibility index (Phi) is 3.75. The highest BCUT2D eigenvalue weighted by Crippen LogP contribution is 2.22. The summed E-state index contributed by atoms with van der Waals surface area (Å²) in [4.78, 5) is 16.3. The molecule has 2 aromatic heterocycles. The molecule has 0 aliphatic rings. The number of carbonyl (C=O) groups is 1. The highest BCUT2D eigenvalue weighted by Gasteiger charge is 2.11. The number of fused-ring (bicyclic) bond motifs is 1. The van der Waals surface area contributed by atoms with E-state index < -0.39 is 0 Å². The zero-order valence-corrected chi connectivity index (χ0v) is 13.1. The number of para-hydroxylation sites is 1. The van der Waals surface area contributed by atoms with Gasteiger partial charge in [-0.3, -0.25) is 4.79 Å². The summed E-state index contributed by atoms with van der Waals surface area (Å²) in [5.74, 6) is -0.0555. The minimum Gasteiger partial charge on any atom is -0.350 e. The van der Waals surface area contributed by atoms with E-state index in [1.807, 2.05) is 42.1 Å². The van der Waals surface area contributed by atoms with Crippen molar-refractivity contribution in [3.05, 3.63) is 59.0 Å². The van der Waals surface area contributed by atoms with Crippen LogP contribution in [-0.4, -0.2) is 15.5 Å². The number of benzene rings is 1. The van der Waals surface area contributed by atoms with E-state index in [4.69, 9.17) is 0 Å². The summed E-state index contributed by atoms with van der Waals surface area (Å²) in [5.41, 5.74) is 2.83. The summed E-state index contributed by atoms with van der Waals surface area (Å²) in [6.45, 7) is 0. The van der Waals surface area contributed by atoms with Crippen LogP contribution >= 0.6 is 15.9 Å². The van der Waals surface area contributed by atoms with E-state index in [1.54, 1.807) is 12.3 Å². The molecule has 1 aromatic carbocycles. The average Bonchev–Trinajstić information content (AvgIpc) is 2.79. The van der Waals surface area contributed by atoms with E-state index in [0.29, 0.717) is 16.7 Å². The van der Waals surface area contributed by atoms with Gasteiger partial charge in [0, 0.05) is 30.3 Å². The highest BCUT2D eigenvalue weighted by molar-refractivity contribution is 9.10. The number of nitrogens with one attached hydrogen (secondary N) is 1. The smallest absolute Gasteiger partial charge is 0.228 e. The topological polar surface area (TPSA) is 46.9 Å². The molecule has 0 fully saturated rings. The molecule has 0 radical (unpaired) electrons. The van der Waals surface area contributed by atoms with Crippen LogP contribution in [0.4, 0.5) is 5.69 Å². The van der Waals surface area contributed by atoms with Gasteiger partial charge in [-0.15, -0.1) is 0 Å². The Morgan fingerprint density at radius 1 is 1.29 bits per heavy atom. The van der Waals surface area contributed by atoms with Crippen molar-refractivity contribution in [3.63, 3.8) is 0 Å². The first kappa shape index (κ1) is 13.8. The highest BCUT2D eigenvalue weighted by atomic mass is 79.9. The van der Waals surface area contributed by atoms with Crippen LogP contribution < -0.4 is 5.32 Å². The van der Waals surface area contributed by atoms with Gasteiger partial charge in [0.25, 0.3) is 0 Å². The summed E-state index contributed by atoms with van der Waals surface area (Å²) in [6, 6.07) is 11.7. The van der Waals surface area contributed by atoms with Gasteiger partial charge < -0.3 is 9.88 Å². The Labute approximate surface area is 130 Å². The molecule has 4 nitrogen and oxygen atoms in total. The van der Waals surface area contributed by atoms with E-state index in [-0.39, 0.29) is 5.91 Å². The quantitative estimate of drug-likeness (QED) is 0.739. The van der Waals surface area contributed by atoms with Crippen molar-refractivity contribution in [3.8, 4) is 0 Å². The first-order valence-corrected chi connectivity index (χ1v) is 7.38. The minimum absolute atomic E-state index is 0.0555. The lowest BCUT2D eigenvalue weighted by Gasteiger charge is -2.05. The molecule has 2 heterocycles. The summed E-state index contributed by atoms with van der Waals surface area (Å²) >= 11 is 3.32. The van der Waals surface area contributed by atoms with Crippen LogP contribution in [0, 0.1) is 0 Å². The van der Waals surface area contributed by atoms with E-state index in [9.17, 15) is 4.79 Å². The lowest BCUT2D eigenvalue weighted by Crippen LogP contribution is -2.14. The SMILES string of the molecule is Cn1cc(CC(=O)Nc2cccnc2Br)c2ccccc21. The fraction of sp³-hybridized carbons (Fsp3) is 0.125. The van der Waals surface area contributed by atoms with Crippen LogP contribution in [0.25, 0.3) is 10.9 Å². The third kappa shape index (κ3) is 2.83. The van der Waals surface area contributed by atoms with Gasteiger partial charge in [-0.05, 0) is 39.7 Å². The molecule has 1 amide bonds. The first-order valence-electron chi connectivity index (χ1n) is 6.58. The van der Waals surface area contributed by atoms with E-state index in [1.165, 1.54) is 0 Å². The van der Waals surface area contributed by atoms with Crippen molar-refractivity contribution < 1.29 is 4.79 Å². The summed E-state index contributed by atoms with van der Waals surface area (Å²) in [6.07, 6.45) is 4.01. The number of pyridine rings is 1. The van der Waals surface area contributed by atoms with Crippen LogP contribution in [0.1, 0.15) is 5.56 Å². The number of amides is 1. The zero-order valence-electron chi connectivity index (χ0n) is 11.5. The predicted octanol–water partition coefficient (Wildman–Crippen LogP) is 3.52. The minimum atomic E-state index is -0.0555. The maximum Gasteiger partial charge on any atom is 0.228 e. The molecule has 106 valence electrons. The molecule has 3 aromatic rings. The Morgan fingerprint density at radius 3 is 2.90 bits per heavy atom. The fourth-order valence-electron chi connectivity index (χ4n) is 2.41. The molecule has 0 atom stereocenters. The molecule has 0 spiro atoms. The number of hydrogen-bond donors (Lipinski definition) is 1. The number of carbonyl (C=O) groups excluding carboxylic acids is 1. The second kappa shape index (κ2) is 5.69. The first-order chi connectivity index (χ1) is 10.1. The summed E-state index contributed by atoms with van der Waals surface area (Å²) < 4.78 is 2.68. The third-order valence-corrected chi connectivity index (χ3v) is 4.00. The van der Waals surface area contributed by atoms with Crippen LogP contribution in [0.5, 0.6) is 0 Å². The van der Waals surface area contributed by atoms with Gasteiger partial charge in [-0.25, -0.2) is 4.98 Å². The van der Waals surface area contributed by atoms with Gasteiger partial charge in [-0.2, -0.15) is 0 Å². The van der Waals surface area contributed by atoms with Crippen molar-refractivity contribution >= 4 is 38.4 Å². The molecule has 0 aliphatic carbocycles. The number of aromatic nitrogens is 2. The van der Waals surface area contributed by atoms with Gasteiger partial charge >= 0.3 is 0 Å². The Bertz CT molecular complexity index is 810. The zero-order chi connectivity index (χ0) is 14.8. The standard InChI is InChI=1S/C16H14BrN3O/c1-20-10-11(12-5-2-3-7-14(12)20)9-15(21)19-13-6-4-8-18-16(13)17/h2-8,10H,9H2,1H3,(H,19,21). The van der Waals surface area contributed by atoms with Crippen LogP contribution in [0.3, 0.4) is 0 Å². The van der Waals surface area contributed by atoms with Gasteiger partial charge in [0.05, 0.1) is 12.1 Å². The number of hydrogen-bond acceptors (Lipinski definition) is 2. The monoisotopic (exact) mass is 343 g/mol. The maximum atomic E-state index is 12.2. The lowest BCUT2D eigenvalue weighted by molar-refractivity contribution is -0.115. The number of anilines is 1. The van der Waals surface area contributed by atoms with Crippen LogP contribution in [-0.2, 0) is 18.3 Å². The van der Waals surface area contributed by atoms with Crippen molar-refractivity contribution in [2.45, 2.75) is 6.42 Å². The van der Waals surface area contributed by atoms with Gasteiger partial charge in [0.2, 0.25) is 5.91 Å². The molecule has 0 saturated heterocycles.